The highest BCUT2D eigenvalue weighted by Gasteiger charge is 2.33. The number of rotatable bonds is 4. The molecule has 1 aliphatic rings. The lowest BCUT2D eigenvalue weighted by Crippen LogP contribution is -2.51. The zero-order valence-electron chi connectivity index (χ0n) is 12.0. The minimum atomic E-state index is -0.824. The van der Waals surface area contributed by atoms with Crippen LogP contribution in [0.4, 0.5) is 8.78 Å². The summed E-state index contributed by atoms with van der Waals surface area (Å²) in [5, 5.41) is 0. The molecule has 3 unspecified atom stereocenters. The van der Waals surface area contributed by atoms with Crippen molar-refractivity contribution in [2.45, 2.75) is 38.5 Å². The van der Waals surface area contributed by atoms with Crippen LogP contribution in [0.5, 0.6) is 0 Å². The summed E-state index contributed by atoms with van der Waals surface area (Å²) < 4.78 is 33.1. The molecule has 1 aromatic carbocycles. The maximum Gasteiger partial charge on any atom is 0.163 e. The van der Waals surface area contributed by atoms with E-state index in [9.17, 15) is 8.78 Å². The molecule has 3 atom stereocenters. The highest BCUT2D eigenvalue weighted by atomic mass is 19.2. The third-order valence-corrected chi connectivity index (χ3v) is 3.95. The first-order valence-corrected chi connectivity index (χ1v) is 7.09. The van der Waals surface area contributed by atoms with Crippen molar-refractivity contribution in [3.05, 3.63) is 35.4 Å². The lowest BCUT2D eigenvalue weighted by Gasteiger charge is -2.43. The van der Waals surface area contributed by atoms with Gasteiger partial charge in [-0.25, -0.2) is 8.78 Å². The van der Waals surface area contributed by atoms with Crippen LogP contribution in [-0.4, -0.2) is 36.7 Å². The van der Waals surface area contributed by atoms with Gasteiger partial charge in [-0.15, -0.1) is 0 Å². The Morgan fingerprint density at radius 1 is 1.45 bits per heavy atom. The van der Waals surface area contributed by atoms with Gasteiger partial charge in [0.1, 0.15) is 0 Å². The number of hydrogen-bond acceptors (Lipinski definition) is 3. The molecule has 0 spiro atoms. The van der Waals surface area contributed by atoms with E-state index >= 15 is 0 Å². The van der Waals surface area contributed by atoms with Gasteiger partial charge >= 0.3 is 0 Å². The second kappa shape index (κ2) is 6.61. The molecule has 1 aromatic rings. The highest BCUT2D eigenvalue weighted by Crippen LogP contribution is 2.29. The molecule has 0 aliphatic carbocycles. The molecular formula is C15H22F2N2O. The van der Waals surface area contributed by atoms with Gasteiger partial charge < -0.3 is 10.5 Å². The van der Waals surface area contributed by atoms with Crippen LogP contribution in [0.3, 0.4) is 0 Å². The van der Waals surface area contributed by atoms with Crippen molar-refractivity contribution >= 4 is 0 Å². The van der Waals surface area contributed by atoms with Crippen LogP contribution >= 0.6 is 0 Å². The van der Waals surface area contributed by atoms with Crippen LogP contribution in [0.1, 0.15) is 31.9 Å². The molecule has 5 heteroatoms. The zero-order chi connectivity index (χ0) is 14.7. The Morgan fingerprint density at radius 3 is 2.85 bits per heavy atom. The van der Waals surface area contributed by atoms with Gasteiger partial charge in [0.05, 0.1) is 18.8 Å². The molecule has 2 N–H and O–H groups in total. The topological polar surface area (TPSA) is 38.5 Å². The quantitative estimate of drug-likeness (QED) is 0.923. The number of benzene rings is 1. The molecule has 0 radical (unpaired) electrons. The number of hydrogen-bond donors (Lipinski definition) is 1. The van der Waals surface area contributed by atoms with E-state index in [0.717, 1.165) is 12.5 Å². The smallest absolute Gasteiger partial charge is 0.163 e. The summed E-state index contributed by atoms with van der Waals surface area (Å²) in [4.78, 5) is 2.14. The van der Waals surface area contributed by atoms with E-state index in [0.29, 0.717) is 18.7 Å². The fraction of sp³-hybridized carbons (Fsp3) is 0.600. The van der Waals surface area contributed by atoms with Crippen molar-refractivity contribution in [1.29, 1.82) is 0 Å². The van der Waals surface area contributed by atoms with E-state index < -0.39 is 11.6 Å². The maximum atomic E-state index is 14.0. The second-order valence-corrected chi connectivity index (χ2v) is 5.30. The standard InChI is InChI=1S/C15H22F2N2O/c1-3-11-9-20-10(2)8-19(11)14(7-18)12-5-4-6-13(16)15(12)17/h4-6,10-11,14H,3,7-9,18H2,1-2H3. The van der Waals surface area contributed by atoms with Crippen LogP contribution in [0, 0.1) is 11.6 Å². The summed E-state index contributed by atoms with van der Waals surface area (Å²) in [7, 11) is 0. The Kier molecular flexibility index (Phi) is 5.07. The van der Waals surface area contributed by atoms with E-state index in [4.69, 9.17) is 10.5 Å². The number of morpholine rings is 1. The van der Waals surface area contributed by atoms with Gasteiger partial charge in [-0.1, -0.05) is 19.1 Å². The third kappa shape index (κ3) is 3.00. The lowest BCUT2D eigenvalue weighted by atomic mass is 10.00. The van der Waals surface area contributed by atoms with Gasteiger partial charge in [0.15, 0.2) is 11.6 Å². The second-order valence-electron chi connectivity index (χ2n) is 5.30. The Morgan fingerprint density at radius 2 is 2.20 bits per heavy atom. The van der Waals surface area contributed by atoms with Crippen LogP contribution in [0.25, 0.3) is 0 Å². The van der Waals surface area contributed by atoms with E-state index in [-0.39, 0.29) is 24.7 Å². The van der Waals surface area contributed by atoms with Crippen molar-refractivity contribution in [2.75, 3.05) is 19.7 Å². The largest absolute Gasteiger partial charge is 0.376 e. The summed E-state index contributed by atoms with van der Waals surface area (Å²) in [6, 6.07) is 4.14. The van der Waals surface area contributed by atoms with Crippen LogP contribution in [0.15, 0.2) is 18.2 Å². The minimum absolute atomic E-state index is 0.0727. The molecule has 20 heavy (non-hydrogen) atoms. The van der Waals surface area contributed by atoms with Crippen molar-refractivity contribution in [3.8, 4) is 0 Å². The molecule has 1 saturated heterocycles. The molecule has 1 heterocycles. The Labute approximate surface area is 118 Å². The monoisotopic (exact) mass is 284 g/mol. The summed E-state index contributed by atoms with van der Waals surface area (Å²) in [6.45, 7) is 5.58. The van der Waals surface area contributed by atoms with Crippen molar-refractivity contribution in [3.63, 3.8) is 0 Å². The Bertz CT molecular complexity index is 455. The van der Waals surface area contributed by atoms with Crippen LogP contribution in [-0.2, 0) is 4.74 Å². The van der Waals surface area contributed by atoms with Crippen molar-refractivity contribution in [1.82, 2.24) is 4.90 Å². The minimum Gasteiger partial charge on any atom is -0.376 e. The summed E-state index contributed by atoms with van der Waals surface area (Å²) in [6.07, 6.45) is 0.962. The molecular weight excluding hydrogens is 262 g/mol. The molecule has 2 rings (SSSR count). The first-order valence-electron chi connectivity index (χ1n) is 7.09. The Balaban J connectivity index is 2.32. The van der Waals surface area contributed by atoms with E-state index in [2.05, 4.69) is 11.8 Å². The first-order chi connectivity index (χ1) is 9.58. The van der Waals surface area contributed by atoms with E-state index in [1.165, 1.54) is 6.07 Å². The third-order valence-electron chi connectivity index (χ3n) is 3.95. The first kappa shape index (κ1) is 15.4. The van der Waals surface area contributed by atoms with Crippen molar-refractivity contribution in [2.24, 2.45) is 5.73 Å². The fourth-order valence-corrected chi connectivity index (χ4v) is 2.82. The molecule has 0 amide bonds. The molecule has 0 aromatic heterocycles. The van der Waals surface area contributed by atoms with Gasteiger partial charge in [-0.2, -0.15) is 0 Å². The lowest BCUT2D eigenvalue weighted by molar-refractivity contribution is -0.0724. The van der Waals surface area contributed by atoms with Crippen LogP contribution < -0.4 is 5.73 Å². The van der Waals surface area contributed by atoms with Gasteiger partial charge in [0.2, 0.25) is 0 Å². The summed E-state index contributed by atoms with van der Waals surface area (Å²) >= 11 is 0. The van der Waals surface area contributed by atoms with Gasteiger partial charge in [-0.3, -0.25) is 4.90 Å². The highest BCUT2D eigenvalue weighted by molar-refractivity contribution is 5.23. The molecule has 1 fully saturated rings. The normalized spacial score (nSPS) is 25.6. The number of nitrogens with two attached hydrogens (primary N) is 1. The average Bonchev–Trinajstić information content (AvgIpc) is 2.44. The molecule has 0 saturated carbocycles. The predicted octanol–water partition coefficient (Wildman–Crippen LogP) is 2.46. The number of ether oxygens (including phenoxy) is 1. The molecule has 1 aliphatic heterocycles. The number of halogens is 2. The van der Waals surface area contributed by atoms with Gasteiger partial charge in [0, 0.05) is 24.7 Å². The van der Waals surface area contributed by atoms with E-state index in [1.54, 1.807) is 6.07 Å². The summed E-state index contributed by atoms with van der Waals surface area (Å²) in [5.74, 6) is -1.62. The van der Waals surface area contributed by atoms with Gasteiger partial charge in [-0.05, 0) is 19.4 Å². The zero-order valence-corrected chi connectivity index (χ0v) is 12.0. The maximum absolute atomic E-state index is 14.0. The SMILES string of the molecule is CCC1COC(C)CN1C(CN)c1cccc(F)c1F. The van der Waals surface area contributed by atoms with Crippen molar-refractivity contribution < 1.29 is 13.5 Å². The molecule has 3 nitrogen and oxygen atoms in total. The van der Waals surface area contributed by atoms with Crippen LogP contribution in [0.2, 0.25) is 0 Å². The summed E-state index contributed by atoms with van der Waals surface area (Å²) in [5.41, 5.74) is 6.18. The number of nitrogens with zero attached hydrogens (tertiary/aromatic N) is 1. The van der Waals surface area contributed by atoms with Gasteiger partial charge in [0.25, 0.3) is 0 Å². The van der Waals surface area contributed by atoms with E-state index in [1.807, 2.05) is 6.92 Å². The predicted molar refractivity (Wildman–Crippen MR) is 74.4 cm³/mol. The Hall–Kier alpha value is -1.04. The fourth-order valence-electron chi connectivity index (χ4n) is 2.82. The average molecular weight is 284 g/mol. The molecule has 0 bridgehead atoms. The molecule has 112 valence electrons.